The van der Waals surface area contributed by atoms with Crippen molar-refractivity contribution >= 4 is 35.6 Å². The molecule has 2 aliphatic heterocycles. The summed E-state index contributed by atoms with van der Waals surface area (Å²) in [6, 6.07) is 4.83. The standard InChI is InChI=1S/C20H31F2N5O.HI/c1-14(27-9-10-28-13-15(27)2)11-24-20(23-3)25-16-7-8-26(12-16)19-17(21)5-4-6-18(19)22;/h4-6,14-16H,7-13H2,1-3H3,(H2,23,24,25);1H. The van der Waals surface area contributed by atoms with Crippen molar-refractivity contribution in [1.82, 2.24) is 15.5 Å². The summed E-state index contributed by atoms with van der Waals surface area (Å²) < 4.78 is 33.6. The summed E-state index contributed by atoms with van der Waals surface area (Å²) in [4.78, 5) is 8.50. The molecule has 0 saturated carbocycles. The predicted octanol–water partition coefficient (Wildman–Crippen LogP) is 2.44. The average molecular weight is 523 g/mol. The minimum Gasteiger partial charge on any atom is -0.379 e. The number of hydrogen-bond donors (Lipinski definition) is 2. The van der Waals surface area contributed by atoms with Gasteiger partial charge in [-0.1, -0.05) is 6.07 Å². The van der Waals surface area contributed by atoms with Gasteiger partial charge in [0.1, 0.15) is 17.3 Å². The molecule has 3 rings (SSSR count). The molecule has 1 aromatic rings. The molecule has 2 saturated heterocycles. The molecule has 9 heteroatoms. The molecule has 3 unspecified atom stereocenters. The monoisotopic (exact) mass is 523 g/mol. The topological polar surface area (TPSA) is 52.1 Å². The van der Waals surface area contributed by atoms with Gasteiger partial charge in [0.2, 0.25) is 0 Å². The Kier molecular flexibility index (Phi) is 9.35. The van der Waals surface area contributed by atoms with E-state index in [4.69, 9.17) is 4.74 Å². The predicted molar refractivity (Wildman–Crippen MR) is 123 cm³/mol. The van der Waals surface area contributed by atoms with Gasteiger partial charge in [0.15, 0.2) is 5.96 Å². The van der Waals surface area contributed by atoms with Crippen molar-refractivity contribution < 1.29 is 13.5 Å². The lowest BCUT2D eigenvalue weighted by atomic mass is 10.2. The molecular formula is C20H32F2IN5O. The van der Waals surface area contributed by atoms with Crippen LogP contribution < -0.4 is 15.5 Å². The largest absolute Gasteiger partial charge is 0.379 e. The van der Waals surface area contributed by atoms with E-state index in [1.54, 1.807) is 11.9 Å². The number of morpholine rings is 1. The Morgan fingerprint density at radius 2 is 2.03 bits per heavy atom. The van der Waals surface area contributed by atoms with Gasteiger partial charge in [-0.2, -0.15) is 0 Å². The third kappa shape index (κ3) is 6.14. The van der Waals surface area contributed by atoms with E-state index in [-0.39, 0.29) is 35.7 Å². The van der Waals surface area contributed by atoms with Gasteiger partial charge in [0, 0.05) is 51.4 Å². The number of para-hydroxylation sites is 1. The van der Waals surface area contributed by atoms with E-state index < -0.39 is 11.6 Å². The average Bonchev–Trinajstić information content (AvgIpc) is 3.13. The molecule has 0 aliphatic carbocycles. The number of rotatable bonds is 5. The zero-order valence-electron chi connectivity index (χ0n) is 17.3. The van der Waals surface area contributed by atoms with E-state index in [1.165, 1.54) is 18.2 Å². The second-order valence-electron chi connectivity index (χ2n) is 7.61. The highest BCUT2D eigenvalue weighted by Crippen LogP contribution is 2.26. The maximum atomic E-state index is 14.0. The first-order chi connectivity index (χ1) is 13.5. The van der Waals surface area contributed by atoms with Gasteiger partial charge in [0.25, 0.3) is 0 Å². The fourth-order valence-corrected chi connectivity index (χ4v) is 4.02. The maximum Gasteiger partial charge on any atom is 0.191 e. The molecular weight excluding hydrogens is 491 g/mol. The number of nitrogens with one attached hydrogen (secondary N) is 2. The Morgan fingerprint density at radius 3 is 2.69 bits per heavy atom. The third-order valence-corrected chi connectivity index (χ3v) is 5.56. The molecule has 164 valence electrons. The summed E-state index contributed by atoms with van der Waals surface area (Å²) in [5, 5.41) is 6.76. The minimum absolute atomic E-state index is 0. The number of hydrogen-bond acceptors (Lipinski definition) is 4. The molecule has 29 heavy (non-hydrogen) atoms. The van der Waals surface area contributed by atoms with Crippen molar-refractivity contribution in [2.75, 3.05) is 51.3 Å². The van der Waals surface area contributed by atoms with Crippen LogP contribution in [0.25, 0.3) is 0 Å². The molecule has 0 bridgehead atoms. The van der Waals surface area contributed by atoms with Crippen molar-refractivity contribution in [3.8, 4) is 0 Å². The number of nitrogens with zero attached hydrogens (tertiary/aromatic N) is 3. The fraction of sp³-hybridized carbons (Fsp3) is 0.650. The molecule has 2 heterocycles. The molecule has 0 aromatic heterocycles. The highest BCUT2D eigenvalue weighted by atomic mass is 127. The van der Waals surface area contributed by atoms with Gasteiger partial charge < -0.3 is 20.3 Å². The Hall–Kier alpha value is -1.20. The van der Waals surface area contributed by atoms with Crippen LogP contribution in [0.5, 0.6) is 0 Å². The van der Waals surface area contributed by atoms with E-state index >= 15 is 0 Å². The Labute approximate surface area is 189 Å². The number of aliphatic imine (C=N–C) groups is 1. The summed E-state index contributed by atoms with van der Waals surface area (Å²) in [6.07, 6.45) is 0.796. The highest BCUT2D eigenvalue weighted by molar-refractivity contribution is 14.0. The number of ether oxygens (including phenoxy) is 1. The highest BCUT2D eigenvalue weighted by Gasteiger charge is 2.28. The lowest BCUT2D eigenvalue weighted by molar-refractivity contribution is -0.0174. The second kappa shape index (κ2) is 11.3. The van der Waals surface area contributed by atoms with Crippen LogP contribution in [0, 0.1) is 11.6 Å². The van der Waals surface area contributed by atoms with Crippen molar-refractivity contribution in [2.45, 2.75) is 38.4 Å². The van der Waals surface area contributed by atoms with Crippen molar-refractivity contribution in [3.63, 3.8) is 0 Å². The number of benzene rings is 1. The molecule has 6 nitrogen and oxygen atoms in total. The minimum atomic E-state index is -0.517. The Morgan fingerprint density at radius 1 is 1.31 bits per heavy atom. The van der Waals surface area contributed by atoms with Crippen LogP contribution in [0.15, 0.2) is 23.2 Å². The Balaban J connectivity index is 0.00000300. The lowest BCUT2D eigenvalue weighted by Crippen LogP contribution is -2.53. The Bertz CT molecular complexity index is 673. The summed E-state index contributed by atoms with van der Waals surface area (Å²) in [6.45, 7) is 8.75. The molecule has 3 atom stereocenters. The molecule has 2 aliphatic rings. The zero-order valence-corrected chi connectivity index (χ0v) is 19.7. The van der Waals surface area contributed by atoms with Crippen molar-refractivity contribution in [3.05, 3.63) is 29.8 Å². The molecule has 0 amide bonds. The summed E-state index contributed by atoms with van der Waals surface area (Å²) in [5.74, 6) is -0.318. The molecule has 0 radical (unpaired) electrons. The van der Waals surface area contributed by atoms with Gasteiger partial charge in [-0.3, -0.25) is 9.89 Å². The van der Waals surface area contributed by atoms with Gasteiger partial charge in [-0.05, 0) is 32.4 Å². The molecule has 1 aromatic carbocycles. The molecule has 2 fully saturated rings. The number of anilines is 1. The van der Waals surface area contributed by atoms with E-state index in [9.17, 15) is 8.78 Å². The van der Waals surface area contributed by atoms with E-state index in [2.05, 4.69) is 34.4 Å². The second-order valence-corrected chi connectivity index (χ2v) is 7.61. The van der Waals surface area contributed by atoms with Crippen LogP contribution >= 0.6 is 24.0 Å². The summed E-state index contributed by atoms with van der Waals surface area (Å²) in [5.41, 5.74) is 0.0599. The van der Waals surface area contributed by atoms with E-state index in [1.807, 2.05) is 0 Å². The third-order valence-electron chi connectivity index (χ3n) is 5.56. The van der Waals surface area contributed by atoms with Gasteiger partial charge in [-0.25, -0.2) is 8.78 Å². The van der Waals surface area contributed by atoms with Crippen LogP contribution in [0.1, 0.15) is 20.3 Å². The first-order valence-corrected chi connectivity index (χ1v) is 9.99. The first-order valence-electron chi connectivity index (χ1n) is 9.99. The van der Waals surface area contributed by atoms with Crippen LogP contribution in [-0.4, -0.2) is 75.4 Å². The SMILES string of the molecule is CN=C(NCC(C)N1CCOCC1C)NC1CCN(c2c(F)cccc2F)C1.I. The smallest absolute Gasteiger partial charge is 0.191 e. The molecule has 0 spiro atoms. The van der Waals surface area contributed by atoms with Crippen molar-refractivity contribution in [1.29, 1.82) is 0 Å². The molecule has 2 N–H and O–H groups in total. The number of guanidine groups is 1. The number of halogens is 3. The first kappa shape index (κ1) is 24.1. The fourth-order valence-electron chi connectivity index (χ4n) is 4.02. The van der Waals surface area contributed by atoms with Crippen LogP contribution in [-0.2, 0) is 4.74 Å². The normalized spacial score (nSPS) is 24.2. The van der Waals surface area contributed by atoms with Gasteiger partial charge in [-0.15, -0.1) is 24.0 Å². The maximum absolute atomic E-state index is 14.0. The lowest BCUT2D eigenvalue weighted by Gasteiger charge is -2.38. The van der Waals surface area contributed by atoms with Crippen molar-refractivity contribution in [2.24, 2.45) is 4.99 Å². The van der Waals surface area contributed by atoms with Crippen LogP contribution in [0.4, 0.5) is 14.5 Å². The zero-order chi connectivity index (χ0) is 20.1. The van der Waals surface area contributed by atoms with E-state index in [0.717, 1.165) is 32.7 Å². The van der Waals surface area contributed by atoms with Gasteiger partial charge >= 0.3 is 0 Å². The van der Waals surface area contributed by atoms with E-state index in [0.29, 0.717) is 31.1 Å². The van der Waals surface area contributed by atoms with Crippen LogP contribution in [0.3, 0.4) is 0 Å². The summed E-state index contributed by atoms with van der Waals surface area (Å²) >= 11 is 0. The summed E-state index contributed by atoms with van der Waals surface area (Å²) in [7, 11) is 1.74. The van der Waals surface area contributed by atoms with Gasteiger partial charge in [0.05, 0.1) is 13.2 Å². The quantitative estimate of drug-likeness (QED) is 0.353. The van der Waals surface area contributed by atoms with Crippen LogP contribution in [0.2, 0.25) is 0 Å².